The minimum atomic E-state index is -0.0539. The van der Waals surface area contributed by atoms with Crippen LogP contribution in [-0.4, -0.2) is 15.0 Å². The van der Waals surface area contributed by atoms with Gasteiger partial charge in [-0.15, -0.1) is 0 Å². The number of hydrogen-bond donors (Lipinski definition) is 1. The molecular weight excluding hydrogens is 202 g/mol. The summed E-state index contributed by atoms with van der Waals surface area (Å²) in [7, 11) is 0. The van der Waals surface area contributed by atoms with Crippen LogP contribution in [0.3, 0.4) is 0 Å². The third-order valence-corrected chi connectivity index (χ3v) is 2.53. The second-order valence-electron chi connectivity index (χ2n) is 3.57. The van der Waals surface area contributed by atoms with Crippen molar-refractivity contribution < 1.29 is 0 Å². The SMILES string of the molecule is CCc1c(C)nc(-c2ccncc2)[nH]c1=O. The third kappa shape index (κ3) is 1.86. The number of aryl methyl sites for hydroxylation is 1. The molecule has 0 aromatic carbocycles. The van der Waals surface area contributed by atoms with Gasteiger partial charge >= 0.3 is 0 Å². The highest BCUT2D eigenvalue weighted by Crippen LogP contribution is 2.12. The Morgan fingerprint density at radius 2 is 2.00 bits per heavy atom. The summed E-state index contributed by atoms with van der Waals surface area (Å²) in [6.45, 7) is 3.81. The van der Waals surface area contributed by atoms with Crippen LogP contribution < -0.4 is 5.56 Å². The predicted molar refractivity (Wildman–Crippen MR) is 62.2 cm³/mol. The average molecular weight is 215 g/mol. The van der Waals surface area contributed by atoms with Gasteiger partial charge in [-0.1, -0.05) is 6.92 Å². The average Bonchev–Trinajstić information content (AvgIpc) is 2.30. The van der Waals surface area contributed by atoms with E-state index >= 15 is 0 Å². The fraction of sp³-hybridized carbons (Fsp3) is 0.250. The summed E-state index contributed by atoms with van der Waals surface area (Å²) in [6.07, 6.45) is 4.06. The zero-order valence-corrected chi connectivity index (χ0v) is 9.32. The molecule has 2 aromatic heterocycles. The lowest BCUT2D eigenvalue weighted by molar-refractivity contribution is 0.967. The van der Waals surface area contributed by atoms with Crippen LogP contribution >= 0.6 is 0 Å². The molecule has 0 saturated carbocycles. The van der Waals surface area contributed by atoms with Crippen molar-refractivity contribution in [2.24, 2.45) is 0 Å². The van der Waals surface area contributed by atoms with Crippen LogP contribution in [0.4, 0.5) is 0 Å². The van der Waals surface area contributed by atoms with Crippen LogP contribution in [0.1, 0.15) is 18.2 Å². The Morgan fingerprint density at radius 3 is 2.56 bits per heavy atom. The van der Waals surface area contributed by atoms with E-state index in [-0.39, 0.29) is 5.56 Å². The summed E-state index contributed by atoms with van der Waals surface area (Å²) in [4.78, 5) is 22.9. The van der Waals surface area contributed by atoms with Gasteiger partial charge in [0.2, 0.25) is 0 Å². The molecule has 2 heterocycles. The molecule has 0 aliphatic heterocycles. The number of nitrogens with zero attached hydrogens (tertiary/aromatic N) is 2. The van der Waals surface area contributed by atoms with Crippen molar-refractivity contribution in [3.05, 3.63) is 46.1 Å². The Kier molecular flexibility index (Phi) is 2.81. The van der Waals surface area contributed by atoms with E-state index in [1.165, 1.54) is 0 Å². The Bertz CT molecular complexity index is 546. The number of hydrogen-bond acceptors (Lipinski definition) is 3. The smallest absolute Gasteiger partial charge is 0.254 e. The molecule has 82 valence electrons. The van der Waals surface area contributed by atoms with E-state index in [2.05, 4.69) is 15.0 Å². The first-order valence-electron chi connectivity index (χ1n) is 5.22. The van der Waals surface area contributed by atoms with Gasteiger partial charge in [-0.2, -0.15) is 0 Å². The number of aromatic amines is 1. The highest BCUT2D eigenvalue weighted by atomic mass is 16.1. The molecule has 0 saturated heterocycles. The molecule has 0 spiro atoms. The molecule has 0 aliphatic carbocycles. The lowest BCUT2D eigenvalue weighted by Crippen LogP contribution is -2.16. The minimum absolute atomic E-state index is 0.0539. The first-order valence-corrected chi connectivity index (χ1v) is 5.22. The van der Waals surface area contributed by atoms with Crippen LogP contribution in [0.15, 0.2) is 29.3 Å². The zero-order chi connectivity index (χ0) is 11.5. The highest BCUT2D eigenvalue weighted by molar-refractivity contribution is 5.53. The maximum atomic E-state index is 11.8. The number of pyridine rings is 1. The van der Waals surface area contributed by atoms with E-state index in [0.29, 0.717) is 12.2 Å². The molecule has 0 bridgehead atoms. The van der Waals surface area contributed by atoms with Crippen molar-refractivity contribution in [1.29, 1.82) is 0 Å². The first-order chi connectivity index (χ1) is 7.72. The van der Waals surface area contributed by atoms with Crippen LogP contribution in [-0.2, 0) is 6.42 Å². The van der Waals surface area contributed by atoms with Crippen LogP contribution in [0, 0.1) is 6.92 Å². The summed E-state index contributed by atoms with van der Waals surface area (Å²) in [5.41, 5.74) is 2.36. The lowest BCUT2D eigenvalue weighted by Gasteiger charge is -2.05. The number of rotatable bonds is 2. The molecule has 0 fully saturated rings. The van der Waals surface area contributed by atoms with Gasteiger partial charge in [0.05, 0.1) is 0 Å². The maximum Gasteiger partial charge on any atom is 0.254 e. The summed E-state index contributed by atoms with van der Waals surface area (Å²) in [5.74, 6) is 0.599. The Morgan fingerprint density at radius 1 is 1.31 bits per heavy atom. The second-order valence-corrected chi connectivity index (χ2v) is 3.57. The van der Waals surface area contributed by atoms with E-state index in [0.717, 1.165) is 16.8 Å². The third-order valence-electron chi connectivity index (χ3n) is 2.53. The molecule has 2 rings (SSSR count). The molecule has 0 atom stereocenters. The molecule has 0 amide bonds. The summed E-state index contributed by atoms with van der Waals surface area (Å²) < 4.78 is 0. The van der Waals surface area contributed by atoms with Crippen LogP contribution in [0.2, 0.25) is 0 Å². The molecule has 0 aliphatic rings. The topological polar surface area (TPSA) is 58.6 Å². The van der Waals surface area contributed by atoms with Crippen LogP contribution in [0.25, 0.3) is 11.4 Å². The molecule has 4 heteroatoms. The number of nitrogens with one attached hydrogen (secondary N) is 1. The van der Waals surface area contributed by atoms with E-state index in [4.69, 9.17) is 0 Å². The molecular formula is C12H13N3O. The van der Waals surface area contributed by atoms with Crippen molar-refractivity contribution in [3.8, 4) is 11.4 Å². The van der Waals surface area contributed by atoms with Crippen molar-refractivity contribution in [2.45, 2.75) is 20.3 Å². The largest absolute Gasteiger partial charge is 0.306 e. The zero-order valence-electron chi connectivity index (χ0n) is 9.32. The molecule has 4 nitrogen and oxygen atoms in total. The van der Waals surface area contributed by atoms with Gasteiger partial charge in [0.25, 0.3) is 5.56 Å². The monoisotopic (exact) mass is 215 g/mol. The normalized spacial score (nSPS) is 10.4. The quantitative estimate of drug-likeness (QED) is 0.829. The van der Waals surface area contributed by atoms with Gasteiger partial charge < -0.3 is 4.98 Å². The van der Waals surface area contributed by atoms with Gasteiger partial charge in [-0.05, 0) is 25.5 Å². The maximum absolute atomic E-state index is 11.8. The van der Waals surface area contributed by atoms with Crippen molar-refractivity contribution >= 4 is 0 Å². The summed E-state index contributed by atoms with van der Waals surface area (Å²) >= 11 is 0. The summed E-state index contributed by atoms with van der Waals surface area (Å²) in [6, 6.07) is 3.65. The lowest BCUT2D eigenvalue weighted by atomic mass is 10.2. The molecule has 2 aromatic rings. The first kappa shape index (κ1) is 10.5. The standard InChI is InChI=1S/C12H13N3O/c1-3-10-8(2)14-11(15-12(10)16)9-4-6-13-7-5-9/h4-7H,3H2,1-2H3,(H,14,15,16). The number of H-pyrrole nitrogens is 1. The van der Waals surface area contributed by atoms with Gasteiger partial charge in [-0.3, -0.25) is 9.78 Å². The van der Waals surface area contributed by atoms with Gasteiger partial charge in [0.15, 0.2) is 0 Å². The van der Waals surface area contributed by atoms with E-state index in [1.807, 2.05) is 26.0 Å². The predicted octanol–water partition coefficient (Wildman–Crippen LogP) is 1.70. The van der Waals surface area contributed by atoms with Crippen LogP contribution in [0.5, 0.6) is 0 Å². The van der Waals surface area contributed by atoms with Gasteiger partial charge in [0.1, 0.15) is 5.82 Å². The van der Waals surface area contributed by atoms with Crippen molar-refractivity contribution in [2.75, 3.05) is 0 Å². The minimum Gasteiger partial charge on any atom is -0.306 e. The van der Waals surface area contributed by atoms with Gasteiger partial charge in [-0.25, -0.2) is 4.98 Å². The Labute approximate surface area is 93.4 Å². The van der Waals surface area contributed by atoms with E-state index in [1.54, 1.807) is 12.4 Å². The fourth-order valence-corrected chi connectivity index (χ4v) is 1.67. The molecule has 1 N–H and O–H groups in total. The molecule has 0 radical (unpaired) electrons. The van der Waals surface area contributed by atoms with Crippen molar-refractivity contribution in [3.63, 3.8) is 0 Å². The second kappa shape index (κ2) is 4.26. The Hall–Kier alpha value is -1.97. The molecule has 16 heavy (non-hydrogen) atoms. The van der Waals surface area contributed by atoms with Crippen molar-refractivity contribution in [1.82, 2.24) is 15.0 Å². The number of aromatic nitrogens is 3. The van der Waals surface area contributed by atoms with E-state index in [9.17, 15) is 4.79 Å². The van der Waals surface area contributed by atoms with Gasteiger partial charge in [0, 0.05) is 29.2 Å². The summed E-state index contributed by atoms with van der Waals surface area (Å²) in [5, 5.41) is 0. The highest BCUT2D eigenvalue weighted by Gasteiger charge is 2.07. The van der Waals surface area contributed by atoms with E-state index < -0.39 is 0 Å². The Balaban J connectivity index is 2.57. The molecule has 0 unspecified atom stereocenters. The fourth-order valence-electron chi connectivity index (χ4n) is 1.67.